The van der Waals surface area contributed by atoms with Crippen LogP contribution in [0.25, 0.3) is 0 Å². The van der Waals surface area contributed by atoms with E-state index < -0.39 is 11.2 Å². The number of nitrogens with zero attached hydrogens (tertiary/aromatic N) is 3. The number of H-pyrrole nitrogens is 1. The summed E-state index contributed by atoms with van der Waals surface area (Å²) in [5.41, 5.74) is -1.16. The first-order chi connectivity index (χ1) is 8.70. The van der Waals surface area contributed by atoms with Gasteiger partial charge >= 0.3 is 5.69 Å². The third-order valence-electron chi connectivity index (χ3n) is 2.89. The van der Waals surface area contributed by atoms with E-state index in [-0.39, 0.29) is 5.56 Å². The molecule has 0 radical (unpaired) electrons. The highest BCUT2D eigenvalue weighted by molar-refractivity contribution is 5.21. The van der Waals surface area contributed by atoms with Gasteiger partial charge in [0.15, 0.2) is 0 Å². The van der Waals surface area contributed by atoms with Crippen LogP contribution in [0, 0.1) is 11.3 Å². The highest BCUT2D eigenvalue weighted by Gasteiger charge is 2.11. The molecule has 1 aliphatic heterocycles. The van der Waals surface area contributed by atoms with Crippen LogP contribution in [0.1, 0.15) is 5.56 Å². The summed E-state index contributed by atoms with van der Waals surface area (Å²) in [4.78, 5) is 27.1. The fraction of sp³-hybridized carbons (Fsp3) is 0.545. The average molecular weight is 250 g/mol. The maximum atomic E-state index is 11.5. The molecule has 0 aliphatic carbocycles. The molecule has 1 saturated heterocycles. The molecule has 0 saturated carbocycles. The van der Waals surface area contributed by atoms with Crippen LogP contribution in [0.4, 0.5) is 0 Å². The van der Waals surface area contributed by atoms with E-state index in [9.17, 15) is 9.59 Å². The van der Waals surface area contributed by atoms with Crippen molar-refractivity contribution in [3.05, 3.63) is 32.6 Å². The Morgan fingerprint density at radius 1 is 1.33 bits per heavy atom. The fourth-order valence-electron chi connectivity index (χ4n) is 1.83. The SMILES string of the molecule is N#Cc1cn(CCN2CCOCC2)c(=O)[nH]c1=O. The van der Waals surface area contributed by atoms with Crippen molar-refractivity contribution in [2.45, 2.75) is 6.54 Å². The van der Waals surface area contributed by atoms with Crippen LogP contribution in [0.5, 0.6) is 0 Å². The van der Waals surface area contributed by atoms with Gasteiger partial charge in [0.1, 0.15) is 11.6 Å². The zero-order valence-electron chi connectivity index (χ0n) is 9.89. The van der Waals surface area contributed by atoms with Gasteiger partial charge in [0.2, 0.25) is 0 Å². The summed E-state index contributed by atoms with van der Waals surface area (Å²) < 4.78 is 6.58. The maximum absolute atomic E-state index is 11.5. The Kier molecular flexibility index (Phi) is 3.92. The van der Waals surface area contributed by atoms with Crippen molar-refractivity contribution in [1.82, 2.24) is 14.5 Å². The third-order valence-corrected chi connectivity index (χ3v) is 2.89. The number of morpholine rings is 1. The number of nitriles is 1. The monoisotopic (exact) mass is 250 g/mol. The quantitative estimate of drug-likeness (QED) is 0.723. The van der Waals surface area contributed by atoms with Gasteiger partial charge < -0.3 is 4.74 Å². The van der Waals surface area contributed by atoms with Gasteiger partial charge in [-0.25, -0.2) is 4.79 Å². The number of ether oxygens (including phenoxy) is 1. The van der Waals surface area contributed by atoms with E-state index in [1.807, 2.05) is 0 Å². The Balaban J connectivity index is 2.07. The Labute approximate surface area is 103 Å². The predicted molar refractivity (Wildman–Crippen MR) is 63.3 cm³/mol. The predicted octanol–water partition coefficient (Wildman–Crippen LogP) is -1.26. The summed E-state index contributed by atoms with van der Waals surface area (Å²) in [6.45, 7) is 4.21. The molecule has 0 amide bonds. The normalized spacial score (nSPS) is 16.4. The topological polar surface area (TPSA) is 91.1 Å². The van der Waals surface area contributed by atoms with Crippen LogP contribution in [0.15, 0.2) is 15.8 Å². The molecule has 0 bridgehead atoms. The lowest BCUT2D eigenvalue weighted by Gasteiger charge is -2.26. The van der Waals surface area contributed by atoms with Gasteiger partial charge in [-0.15, -0.1) is 0 Å². The first-order valence-electron chi connectivity index (χ1n) is 5.74. The van der Waals surface area contributed by atoms with Gasteiger partial charge in [-0.3, -0.25) is 19.2 Å². The molecule has 1 aromatic rings. The van der Waals surface area contributed by atoms with Gasteiger partial charge in [0, 0.05) is 32.4 Å². The minimum Gasteiger partial charge on any atom is -0.379 e. The number of aromatic amines is 1. The third kappa shape index (κ3) is 2.85. The minimum atomic E-state index is -0.634. The van der Waals surface area contributed by atoms with Crippen molar-refractivity contribution in [1.29, 1.82) is 5.26 Å². The molecule has 1 aliphatic rings. The molecule has 1 aromatic heterocycles. The van der Waals surface area contributed by atoms with Crippen molar-refractivity contribution in [3.63, 3.8) is 0 Å². The molecule has 96 valence electrons. The summed E-state index contributed by atoms with van der Waals surface area (Å²) in [6.07, 6.45) is 1.31. The van der Waals surface area contributed by atoms with Gasteiger partial charge in [-0.1, -0.05) is 0 Å². The summed E-state index contributed by atoms with van der Waals surface area (Å²) in [5.74, 6) is 0. The molecule has 0 aromatic carbocycles. The van der Waals surface area contributed by atoms with Gasteiger partial charge in [0.05, 0.1) is 13.2 Å². The Morgan fingerprint density at radius 3 is 2.72 bits per heavy atom. The van der Waals surface area contributed by atoms with Crippen LogP contribution in [0.3, 0.4) is 0 Å². The Morgan fingerprint density at radius 2 is 2.06 bits per heavy atom. The summed E-state index contributed by atoms with van der Waals surface area (Å²) in [5, 5.41) is 8.74. The van der Waals surface area contributed by atoms with E-state index in [1.165, 1.54) is 10.8 Å². The lowest BCUT2D eigenvalue weighted by atomic mass is 10.3. The van der Waals surface area contributed by atoms with Crippen LogP contribution < -0.4 is 11.2 Å². The van der Waals surface area contributed by atoms with Crippen LogP contribution in [0.2, 0.25) is 0 Å². The Bertz CT molecular complexity index is 563. The van der Waals surface area contributed by atoms with E-state index in [1.54, 1.807) is 6.07 Å². The van der Waals surface area contributed by atoms with E-state index in [4.69, 9.17) is 10.00 Å². The molecule has 7 nitrogen and oxygen atoms in total. The average Bonchev–Trinajstić information content (AvgIpc) is 2.39. The standard InChI is InChI=1S/C11H14N4O3/c12-7-9-8-15(11(17)13-10(9)16)2-1-14-3-5-18-6-4-14/h8H,1-6H2,(H,13,16,17). The van der Waals surface area contributed by atoms with Crippen molar-refractivity contribution in [2.24, 2.45) is 0 Å². The van der Waals surface area contributed by atoms with Crippen molar-refractivity contribution in [2.75, 3.05) is 32.8 Å². The highest BCUT2D eigenvalue weighted by atomic mass is 16.5. The molecular weight excluding hydrogens is 236 g/mol. The van der Waals surface area contributed by atoms with Crippen LogP contribution in [-0.4, -0.2) is 47.3 Å². The van der Waals surface area contributed by atoms with Crippen LogP contribution in [-0.2, 0) is 11.3 Å². The molecule has 1 fully saturated rings. The second-order valence-electron chi connectivity index (χ2n) is 4.06. The second kappa shape index (κ2) is 5.62. The zero-order valence-corrected chi connectivity index (χ0v) is 9.89. The number of aromatic nitrogens is 2. The first kappa shape index (κ1) is 12.5. The molecule has 0 spiro atoms. The summed E-state index contributed by atoms with van der Waals surface area (Å²) in [7, 11) is 0. The molecule has 0 atom stereocenters. The van der Waals surface area contributed by atoms with Crippen molar-refractivity contribution in [3.8, 4) is 6.07 Å². The molecule has 2 rings (SSSR count). The number of nitrogens with one attached hydrogen (secondary N) is 1. The smallest absolute Gasteiger partial charge is 0.328 e. The number of hydrogen-bond acceptors (Lipinski definition) is 5. The van der Waals surface area contributed by atoms with Crippen molar-refractivity contribution < 1.29 is 4.74 Å². The van der Waals surface area contributed by atoms with Gasteiger partial charge in [0.25, 0.3) is 5.56 Å². The van der Waals surface area contributed by atoms with E-state index >= 15 is 0 Å². The largest absolute Gasteiger partial charge is 0.379 e. The lowest BCUT2D eigenvalue weighted by Crippen LogP contribution is -2.40. The Hall–Kier alpha value is -1.91. The maximum Gasteiger partial charge on any atom is 0.328 e. The van der Waals surface area contributed by atoms with E-state index in [0.717, 1.165) is 13.1 Å². The molecule has 1 N–H and O–H groups in total. The molecule has 18 heavy (non-hydrogen) atoms. The zero-order chi connectivity index (χ0) is 13.0. The molecule has 0 unspecified atom stereocenters. The molecular formula is C11H14N4O3. The second-order valence-corrected chi connectivity index (χ2v) is 4.06. The van der Waals surface area contributed by atoms with Crippen LogP contribution >= 0.6 is 0 Å². The van der Waals surface area contributed by atoms with Gasteiger partial charge in [-0.2, -0.15) is 5.26 Å². The highest BCUT2D eigenvalue weighted by Crippen LogP contribution is 1.96. The lowest BCUT2D eigenvalue weighted by molar-refractivity contribution is 0.0362. The number of rotatable bonds is 3. The molecule has 2 heterocycles. The summed E-state index contributed by atoms with van der Waals surface area (Å²) in [6, 6.07) is 1.76. The van der Waals surface area contributed by atoms with E-state index in [2.05, 4.69) is 9.88 Å². The number of hydrogen-bond donors (Lipinski definition) is 1. The van der Waals surface area contributed by atoms with Crippen molar-refractivity contribution >= 4 is 0 Å². The van der Waals surface area contributed by atoms with E-state index in [0.29, 0.717) is 26.3 Å². The summed E-state index contributed by atoms with van der Waals surface area (Å²) >= 11 is 0. The fourth-order valence-corrected chi connectivity index (χ4v) is 1.83. The first-order valence-corrected chi connectivity index (χ1v) is 5.74. The van der Waals surface area contributed by atoms with Gasteiger partial charge in [-0.05, 0) is 0 Å². The minimum absolute atomic E-state index is 0.0448. The molecule has 7 heteroatoms.